The van der Waals surface area contributed by atoms with E-state index in [1.807, 2.05) is 12.3 Å². The van der Waals surface area contributed by atoms with Crippen LogP contribution in [0.2, 0.25) is 0 Å². The number of allylic oxidation sites excluding steroid dienone is 3. The molecule has 4 aliphatic rings. The predicted molar refractivity (Wildman–Crippen MR) is 108 cm³/mol. The van der Waals surface area contributed by atoms with Crippen molar-refractivity contribution in [2.24, 2.45) is 34.5 Å². The van der Waals surface area contributed by atoms with Gasteiger partial charge in [-0.2, -0.15) is 0 Å². The summed E-state index contributed by atoms with van der Waals surface area (Å²) in [6.07, 6.45) is 10.4. The Labute approximate surface area is 162 Å². The Balaban J connectivity index is 1.55. The first-order chi connectivity index (χ1) is 12.8. The van der Waals surface area contributed by atoms with E-state index in [9.17, 15) is 10.2 Å². The number of aliphatic hydroxyl groups excluding tert-OH is 2. The average Bonchev–Trinajstić information content (AvgIpc) is 3.21. The Kier molecular flexibility index (Phi) is 3.76. The smallest absolute Gasteiger partial charge is 0.0984 e. The minimum atomic E-state index is -0.154. The summed E-state index contributed by atoms with van der Waals surface area (Å²) in [5.41, 5.74) is 4.08. The minimum absolute atomic E-state index is 0.0558. The molecule has 0 aliphatic heterocycles. The number of aromatic amines is 1. The van der Waals surface area contributed by atoms with E-state index in [1.165, 1.54) is 17.6 Å². The van der Waals surface area contributed by atoms with Crippen LogP contribution in [-0.2, 0) is 0 Å². The summed E-state index contributed by atoms with van der Waals surface area (Å²) in [6.45, 7) is 7.23. The van der Waals surface area contributed by atoms with Crippen LogP contribution < -0.4 is 0 Å². The van der Waals surface area contributed by atoms with Crippen molar-refractivity contribution >= 4 is 5.57 Å². The zero-order valence-electron chi connectivity index (χ0n) is 16.8. The summed E-state index contributed by atoms with van der Waals surface area (Å²) in [5, 5.41) is 21.2. The van der Waals surface area contributed by atoms with E-state index in [1.54, 1.807) is 0 Å². The lowest BCUT2D eigenvalue weighted by molar-refractivity contribution is -0.0438. The molecular formula is C24H33NO2. The number of aliphatic hydroxyl groups is 2. The molecule has 5 rings (SSSR count). The van der Waals surface area contributed by atoms with Crippen LogP contribution >= 0.6 is 0 Å². The summed E-state index contributed by atoms with van der Waals surface area (Å²) in [6, 6.07) is 4.14. The predicted octanol–water partition coefficient (Wildman–Crippen LogP) is 5.46. The first kappa shape index (κ1) is 17.6. The SMILES string of the molecule is CC1C=C2CC(O)CC[C@]2(C)[C@@H]2CC[C@]3(C)C(c4ccc[nH]4)=C(O)C[C@H]3[C@H]12. The van der Waals surface area contributed by atoms with Crippen molar-refractivity contribution in [1.29, 1.82) is 0 Å². The van der Waals surface area contributed by atoms with E-state index in [0.29, 0.717) is 29.4 Å². The molecule has 1 heterocycles. The zero-order valence-corrected chi connectivity index (χ0v) is 16.8. The number of rotatable bonds is 1. The Morgan fingerprint density at radius 3 is 2.59 bits per heavy atom. The molecule has 27 heavy (non-hydrogen) atoms. The van der Waals surface area contributed by atoms with Crippen molar-refractivity contribution in [3.05, 3.63) is 41.4 Å². The fourth-order valence-corrected chi connectivity index (χ4v) is 7.60. The third kappa shape index (κ3) is 2.30. The van der Waals surface area contributed by atoms with Crippen molar-refractivity contribution in [2.45, 2.75) is 65.4 Å². The van der Waals surface area contributed by atoms with Gasteiger partial charge in [0, 0.05) is 29.3 Å². The fraction of sp³-hybridized carbons (Fsp3) is 0.667. The van der Waals surface area contributed by atoms with Gasteiger partial charge < -0.3 is 15.2 Å². The summed E-state index contributed by atoms with van der Waals surface area (Å²) in [5.74, 6) is 2.92. The number of nitrogens with one attached hydrogen (secondary N) is 1. The molecule has 146 valence electrons. The van der Waals surface area contributed by atoms with Gasteiger partial charge in [-0.25, -0.2) is 0 Å². The highest BCUT2D eigenvalue weighted by Crippen LogP contribution is 2.68. The van der Waals surface area contributed by atoms with Gasteiger partial charge in [-0.15, -0.1) is 0 Å². The van der Waals surface area contributed by atoms with Gasteiger partial charge in [0.2, 0.25) is 0 Å². The van der Waals surface area contributed by atoms with Gasteiger partial charge in [0.1, 0.15) is 0 Å². The molecule has 0 radical (unpaired) electrons. The standard InChI is InChI=1S/C24H33NO2/c1-14-11-15-12-16(26)6-8-23(15,2)17-7-9-24(3)18(21(14)17)13-20(27)22(24)19-5-4-10-25-19/h4-5,10-11,14,16-18,21,25-27H,6-9,12-13H2,1-3H3/t14?,16?,17-,18+,21-,23+,24+/m1/s1. The lowest BCUT2D eigenvalue weighted by Crippen LogP contribution is -2.52. The quantitative estimate of drug-likeness (QED) is 0.577. The van der Waals surface area contributed by atoms with Gasteiger partial charge in [-0.3, -0.25) is 0 Å². The molecule has 3 heteroatoms. The highest BCUT2D eigenvalue weighted by Gasteiger charge is 2.60. The van der Waals surface area contributed by atoms with Crippen LogP contribution in [0.3, 0.4) is 0 Å². The molecule has 1 aromatic rings. The van der Waals surface area contributed by atoms with Crippen molar-refractivity contribution in [3.8, 4) is 0 Å². The van der Waals surface area contributed by atoms with Crippen LogP contribution in [0.4, 0.5) is 0 Å². The number of fused-ring (bicyclic) bond motifs is 5. The number of hydrogen-bond acceptors (Lipinski definition) is 2. The number of aromatic nitrogens is 1. The van der Waals surface area contributed by atoms with Gasteiger partial charge in [0.25, 0.3) is 0 Å². The van der Waals surface area contributed by atoms with Crippen LogP contribution in [0.25, 0.3) is 5.57 Å². The highest BCUT2D eigenvalue weighted by atomic mass is 16.3. The molecular weight excluding hydrogens is 334 g/mol. The van der Waals surface area contributed by atoms with Crippen molar-refractivity contribution in [3.63, 3.8) is 0 Å². The van der Waals surface area contributed by atoms with E-state index in [0.717, 1.165) is 37.8 Å². The van der Waals surface area contributed by atoms with Gasteiger partial charge in [0.05, 0.1) is 11.9 Å². The fourth-order valence-electron chi connectivity index (χ4n) is 7.60. The Hall–Kier alpha value is -1.48. The van der Waals surface area contributed by atoms with Crippen LogP contribution in [0, 0.1) is 34.5 Å². The largest absolute Gasteiger partial charge is 0.512 e. The van der Waals surface area contributed by atoms with Crippen molar-refractivity contribution in [1.82, 2.24) is 4.98 Å². The maximum atomic E-state index is 11.0. The van der Waals surface area contributed by atoms with Gasteiger partial charge in [0.15, 0.2) is 0 Å². The summed E-state index contributed by atoms with van der Waals surface area (Å²) in [7, 11) is 0. The van der Waals surface area contributed by atoms with Crippen LogP contribution in [0.1, 0.15) is 65.0 Å². The van der Waals surface area contributed by atoms with Crippen LogP contribution in [0.15, 0.2) is 35.7 Å². The van der Waals surface area contributed by atoms with Gasteiger partial charge in [-0.05, 0) is 73.3 Å². The lowest BCUT2D eigenvalue weighted by Gasteiger charge is -2.59. The second-order valence-electron chi connectivity index (χ2n) is 10.2. The number of hydrogen-bond donors (Lipinski definition) is 3. The molecule has 4 aliphatic carbocycles. The molecule has 7 atom stereocenters. The van der Waals surface area contributed by atoms with Crippen molar-refractivity contribution in [2.75, 3.05) is 0 Å². The van der Waals surface area contributed by atoms with Crippen molar-refractivity contribution < 1.29 is 10.2 Å². The molecule has 0 bridgehead atoms. The Morgan fingerprint density at radius 2 is 1.85 bits per heavy atom. The average molecular weight is 368 g/mol. The topological polar surface area (TPSA) is 56.2 Å². The van der Waals surface area contributed by atoms with Crippen LogP contribution in [0.5, 0.6) is 0 Å². The highest BCUT2D eigenvalue weighted by molar-refractivity contribution is 5.72. The summed E-state index contributed by atoms with van der Waals surface area (Å²) < 4.78 is 0. The van der Waals surface area contributed by atoms with Gasteiger partial charge >= 0.3 is 0 Å². The molecule has 2 saturated carbocycles. The van der Waals surface area contributed by atoms with E-state index < -0.39 is 0 Å². The molecule has 0 spiro atoms. The molecule has 3 nitrogen and oxygen atoms in total. The normalized spacial score (nSPS) is 46.5. The second kappa shape index (κ2) is 5.76. The molecule has 2 fully saturated rings. The van der Waals surface area contributed by atoms with E-state index >= 15 is 0 Å². The Bertz CT molecular complexity index is 806. The summed E-state index contributed by atoms with van der Waals surface area (Å²) in [4.78, 5) is 3.35. The van der Waals surface area contributed by atoms with E-state index in [2.05, 4.69) is 37.9 Å². The monoisotopic (exact) mass is 367 g/mol. The molecule has 0 amide bonds. The maximum absolute atomic E-state index is 11.0. The third-order valence-electron chi connectivity index (χ3n) is 8.94. The molecule has 0 saturated heterocycles. The molecule has 0 aromatic carbocycles. The zero-order chi connectivity index (χ0) is 19.0. The minimum Gasteiger partial charge on any atom is -0.512 e. The van der Waals surface area contributed by atoms with Crippen LogP contribution in [-0.4, -0.2) is 21.3 Å². The summed E-state index contributed by atoms with van der Waals surface area (Å²) >= 11 is 0. The molecule has 3 N–H and O–H groups in total. The Morgan fingerprint density at radius 1 is 1.07 bits per heavy atom. The maximum Gasteiger partial charge on any atom is 0.0984 e. The van der Waals surface area contributed by atoms with E-state index in [4.69, 9.17) is 0 Å². The first-order valence-corrected chi connectivity index (χ1v) is 10.8. The second-order valence-corrected chi connectivity index (χ2v) is 10.2. The number of H-pyrrole nitrogens is 1. The third-order valence-corrected chi connectivity index (χ3v) is 8.94. The lowest BCUT2D eigenvalue weighted by atomic mass is 9.45. The van der Waals surface area contributed by atoms with Gasteiger partial charge in [-0.1, -0.05) is 32.4 Å². The first-order valence-electron chi connectivity index (χ1n) is 10.8. The molecule has 1 aromatic heterocycles. The molecule has 2 unspecified atom stereocenters. The van der Waals surface area contributed by atoms with E-state index in [-0.39, 0.29) is 16.9 Å².